The Bertz CT molecular complexity index is 2010. The number of hydrogen-bond acceptors (Lipinski definition) is 10. The smallest absolute Gasteiger partial charge is 0.247 e. The van der Waals surface area contributed by atoms with Gasteiger partial charge in [-0.05, 0) is 23.3 Å². The van der Waals surface area contributed by atoms with E-state index < -0.39 is 20.2 Å². The minimum absolute atomic E-state index is 0.180. The molecule has 0 spiro atoms. The lowest BCUT2D eigenvalue weighted by Crippen LogP contribution is -2.23. The Labute approximate surface area is 252 Å². The van der Waals surface area contributed by atoms with Crippen LogP contribution in [0.4, 0.5) is 0 Å². The fourth-order valence-corrected chi connectivity index (χ4v) is 6.17. The van der Waals surface area contributed by atoms with Crippen molar-refractivity contribution in [2.75, 3.05) is 0 Å². The lowest BCUT2D eigenvalue weighted by molar-refractivity contribution is 0.199. The summed E-state index contributed by atoms with van der Waals surface area (Å²) in [6.07, 6.45) is 5.68. The van der Waals surface area contributed by atoms with Crippen LogP contribution < -0.4 is 8.57 Å². The van der Waals surface area contributed by atoms with Crippen LogP contribution in [0.1, 0.15) is 11.1 Å². The molecule has 12 nitrogen and oxygen atoms in total. The van der Waals surface area contributed by atoms with Gasteiger partial charge in [0.2, 0.25) is 0 Å². The number of hydrogen-bond donors (Lipinski definition) is 0. The third-order valence-corrected chi connectivity index (χ3v) is 8.71. The van der Waals surface area contributed by atoms with E-state index in [0.29, 0.717) is 21.3 Å². The zero-order valence-electron chi connectivity index (χ0n) is 22.7. The van der Waals surface area contributed by atoms with Gasteiger partial charge in [-0.2, -0.15) is 16.8 Å². The van der Waals surface area contributed by atoms with Gasteiger partial charge in [0, 0.05) is 21.0 Å². The van der Waals surface area contributed by atoms with Crippen molar-refractivity contribution in [1.29, 1.82) is 0 Å². The van der Waals surface area contributed by atoms with Crippen LogP contribution in [0.5, 0.6) is 0 Å². The van der Waals surface area contributed by atoms with Crippen LogP contribution in [0.15, 0.2) is 131 Å². The van der Waals surface area contributed by atoms with Crippen molar-refractivity contribution in [1.82, 2.24) is 30.3 Å². The van der Waals surface area contributed by atoms with Crippen LogP contribution in [0.25, 0.3) is 34.7 Å². The third-order valence-electron chi connectivity index (χ3n) is 6.23. The van der Waals surface area contributed by atoms with Gasteiger partial charge in [0.15, 0.2) is 0 Å². The average Bonchev–Trinajstić information content (AvgIpc) is 3.70. The summed E-state index contributed by atoms with van der Waals surface area (Å²) in [5, 5.41) is 16.0. The molecule has 2 aromatic heterocycles. The highest BCUT2D eigenvalue weighted by atomic mass is 32.2. The largest absolute Gasteiger partial charge is 0.360 e. The maximum absolute atomic E-state index is 13.2. The van der Waals surface area contributed by atoms with Gasteiger partial charge in [0.25, 0.3) is 0 Å². The SMILES string of the molecule is O=S(=O)(On1ncc(-c2ccccc2)n1)c1ccccc1C=Cc1ccccc1S(=O)(=O)On1ncc(-c2ccccc2)n1. The second-order valence-corrected chi connectivity index (χ2v) is 12.2. The average molecular weight is 627 g/mol. The first kappa shape index (κ1) is 28.5. The van der Waals surface area contributed by atoms with Gasteiger partial charge < -0.3 is 0 Å². The predicted molar refractivity (Wildman–Crippen MR) is 160 cm³/mol. The van der Waals surface area contributed by atoms with Gasteiger partial charge in [-0.25, -0.2) is 8.57 Å². The molecule has 0 unspecified atom stereocenters. The molecule has 0 fully saturated rings. The Morgan fingerprint density at radius 3 is 1.27 bits per heavy atom. The van der Waals surface area contributed by atoms with Gasteiger partial charge in [-0.15, -0.1) is 20.4 Å². The van der Waals surface area contributed by atoms with Crippen molar-refractivity contribution in [3.05, 3.63) is 133 Å². The zero-order chi connectivity index (χ0) is 30.6. The van der Waals surface area contributed by atoms with Crippen LogP contribution in [0, 0.1) is 0 Å². The van der Waals surface area contributed by atoms with Crippen LogP contribution in [-0.4, -0.2) is 47.1 Å². The van der Waals surface area contributed by atoms with E-state index >= 15 is 0 Å². The lowest BCUT2D eigenvalue weighted by Gasteiger charge is -2.09. The molecule has 6 rings (SSSR count). The molecule has 0 atom stereocenters. The van der Waals surface area contributed by atoms with Gasteiger partial charge >= 0.3 is 20.2 Å². The minimum atomic E-state index is -4.39. The number of aromatic nitrogens is 6. The van der Waals surface area contributed by atoms with Gasteiger partial charge in [-0.3, -0.25) is 0 Å². The number of rotatable bonds is 10. The Morgan fingerprint density at radius 1 is 0.500 bits per heavy atom. The van der Waals surface area contributed by atoms with Crippen molar-refractivity contribution in [3.8, 4) is 22.5 Å². The molecule has 0 aliphatic rings. The molecule has 6 aromatic rings. The predicted octanol–water partition coefficient (Wildman–Crippen LogP) is 4.01. The van der Waals surface area contributed by atoms with E-state index in [-0.39, 0.29) is 20.9 Å². The van der Waals surface area contributed by atoms with E-state index in [9.17, 15) is 16.8 Å². The molecular weight excluding hydrogens is 605 g/mol. The molecule has 0 saturated carbocycles. The molecule has 44 heavy (non-hydrogen) atoms. The van der Waals surface area contributed by atoms with E-state index in [4.69, 9.17) is 8.57 Å². The highest BCUT2D eigenvalue weighted by Gasteiger charge is 2.23. The van der Waals surface area contributed by atoms with E-state index in [2.05, 4.69) is 20.4 Å². The fourth-order valence-electron chi connectivity index (χ4n) is 4.18. The van der Waals surface area contributed by atoms with Crippen LogP contribution in [0.2, 0.25) is 0 Å². The summed E-state index contributed by atoms with van der Waals surface area (Å²) in [6.45, 7) is 0. The second kappa shape index (κ2) is 11.9. The third kappa shape index (κ3) is 6.25. The van der Waals surface area contributed by atoms with E-state index in [1.165, 1.54) is 48.8 Å². The van der Waals surface area contributed by atoms with Crippen molar-refractivity contribution in [2.45, 2.75) is 9.79 Å². The van der Waals surface area contributed by atoms with Crippen LogP contribution >= 0.6 is 0 Å². The zero-order valence-corrected chi connectivity index (χ0v) is 24.3. The van der Waals surface area contributed by atoms with Gasteiger partial charge in [0.1, 0.15) is 21.2 Å². The maximum atomic E-state index is 13.2. The summed E-state index contributed by atoms with van der Waals surface area (Å²) < 4.78 is 63.2. The lowest BCUT2D eigenvalue weighted by atomic mass is 10.1. The summed E-state index contributed by atoms with van der Waals surface area (Å²) >= 11 is 0. The summed E-state index contributed by atoms with van der Waals surface area (Å²) in [4.78, 5) is 0.898. The topological polar surface area (TPSA) is 148 Å². The molecule has 0 aliphatic carbocycles. The summed E-state index contributed by atoms with van der Waals surface area (Å²) in [5.41, 5.74) is 2.79. The Balaban J connectivity index is 1.24. The molecule has 0 aliphatic heterocycles. The van der Waals surface area contributed by atoms with Crippen molar-refractivity contribution in [3.63, 3.8) is 0 Å². The van der Waals surface area contributed by atoms with Gasteiger partial charge in [0.05, 0.1) is 12.4 Å². The van der Waals surface area contributed by atoms with Crippen molar-refractivity contribution < 1.29 is 25.4 Å². The summed E-state index contributed by atoms with van der Waals surface area (Å²) in [7, 11) is -8.79. The van der Waals surface area contributed by atoms with E-state index in [1.807, 2.05) is 36.4 Å². The molecular formula is C30H22N6O6S2. The first-order chi connectivity index (χ1) is 21.3. The molecule has 220 valence electrons. The molecule has 2 heterocycles. The number of nitrogens with zero attached hydrogens (tertiary/aromatic N) is 6. The van der Waals surface area contributed by atoms with E-state index in [1.54, 1.807) is 48.5 Å². The Hall–Kier alpha value is -5.60. The van der Waals surface area contributed by atoms with Gasteiger partial charge in [-0.1, -0.05) is 109 Å². The maximum Gasteiger partial charge on any atom is 0.360 e. The normalized spacial score (nSPS) is 11.9. The Kier molecular flexibility index (Phi) is 7.74. The molecule has 0 amide bonds. The monoisotopic (exact) mass is 626 g/mol. The second-order valence-electron chi connectivity index (χ2n) is 9.16. The highest BCUT2D eigenvalue weighted by Crippen LogP contribution is 2.23. The standard InChI is InChI=1S/C30H22N6O6S2/c37-43(38,41-35-31-21-27(33-35)23-11-3-1-4-12-23)29-17-9-7-15-25(29)19-20-26-16-8-10-18-30(26)44(39,40)42-36-32-22-28(34-36)24-13-5-2-6-14-24/h1-22H. The first-order valence-electron chi connectivity index (χ1n) is 13.0. The molecule has 0 radical (unpaired) electrons. The molecule has 0 saturated heterocycles. The quantitative estimate of drug-likeness (QED) is 0.204. The molecule has 0 bridgehead atoms. The van der Waals surface area contributed by atoms with E-state index in [0.717, 1.165) is 11.1 Å². The number of benzene rings is 4. The summed E-state index contributed by atoms with van der Waals surface area (Å²) in [6, 6.07) is 30.3. The Morgan fingerprint density at radius 2 is 0.864 bits per heavy atom. The summed E-state index contributed by atoms with van der Waals surface area (Å²) in [5.74, 6) is 0. The molecule has 0 N–H and O–H groups in total. The molecule has 4 aromatic carbocycles. The van der Waals surface area contributed by atoms with Crippen LogP contribution in [0.3, 0.4) is 0 Å². The fraction of sp³-hybridized carbons (Fsp3) is 0. The van der Waals surface area contributed by atoms with Crippen molar-refractivity contribution >= 4 is 32.4 Å². The van der Waals surface area contributed by atoms with Crippen molar-refractivity contribution in [2.24, 2.45) is 0 Å². The molecule has 14 heteroatoms. The van der Waals surface area contributed by atoms with Crippen LogP contribution in [-0.2, 0) is 20.2 Å². The minimum Gasteiger partial charge on any atom is -0.247 e. The first-order valence-corrected chi connectivity index (χ1v) is 15.8. The highest BCUT2D eigenvalue weighted by molar-refractivity contribution is 7.87.